The van der Waals surface area contributed by atoms with Crippen LogP contribution in [0.1, 0.15) is 18.9 Å². The molecule has 0 fully saturated rings. The lowest BCUT2D eigenvalue weighted by Crippen LogP contribution is -2.49. The summed E-state index contributed by atoms with van der Waals surface area (Å²) in [4.78, 5) is 22.6. The molecule has 0 aromatic heterocycles. The van der Waals surface area contributed by atoms with Gasteiger partial charge in [-0.3, -0.25) is 4.79 Å². The summed E-state index contributed by atoms with van der Waals surface area (Å²) in [5, 5.41) is 13.3. The number of amides is 1. The van der Waals surface area contributed by atoms with Crippen LogP contribution in [0.3, 0.4) is 0 Å². The monoisotopic (exact) mass is 310 g/mol. The molecule has 6 heteroatoms. The Kier molecular flexibility index (Phi) is 7.68. The second-order valence-electron chi connectivity index (χ2n) is 4.51. The van der Waals surface area contributed by atoms with E-state index in [1.807, 2.05) is 31.4 Å². The van der Waals surface area contributed by atoms with Crippen LogP contribution in [0.2, 0.25) is 0 Å². The maximum absolute atomic E-state index is 11.7. The van der Waals surface area contributed by atoms with Gasteiger partial charge in [0.05, 0.1) is 12.0 Å². The van der Waals surface area contributed by atoms with Crippen molar-refractivity contribution in [3.05, 3.63) is 29.8 Å². The highest BCUT2D eigenvalue weighted by Gasteiger charge is 2.13. The fourth-order valence-electron chi connectivity index (χ4n) is 1.72. The maximum Gasteiger partial charge on any atom is 0.258 e. The van der Waals surface area contributed by atoms with E-state index in [-0.39, 0.29) is 6.61 Å². The van der Waals surface area contributed by atoms with Gasteiger partial charge in [-0.2, -0.15) is 11.8 Å². The number of aryl methyl sites for hydroxylation is 1. The molecule has 0 aliphatic rings. The zero-order chi connectivity index (χ0) is 15.7. The Labute approximate surface area is 129 Å². The molecular weight excluding hydrogens is 290 g/mol. The molecule has 1 rings (SSSR count). The van der Waals surface area contributed by atoms with Crippen molar-refractivity contribution in [1.82, 2.24) is 5.32 Å². The fraction of sp³-hybridized carbons (Fsp3) is 0.467. The zero-order valence-corrected chi connectivity index (χ0v) is 13.1. The van der Waals surface area contributed by atoms with Crippen molar-refractivity contribution in [2.75, 3.05) is 18.6 Å². The number of hydrogen-bond donors (Lipinski definition) is 1. The Bertz CT molecular complexity index is 478. The Morgan fingerprint density at radius 1 is 1.43 bits per heavy atom. The molecule has 1 N–H and O–H groups in total. The van der Waals surface area contributed by atoms with Gasteiger partial charge in [0.1, 0.15) is 5.75 Å². The van der Waals surface area contributed by atoms with Gasteiger partial charge in [0.15, 0.2) is 6.61 Å². The van der Waals surface area contributed by atoms with Crippen LogP contribution in [0.5, 0.6) is 5.75 Å². The molecule has 116 valence electrons. The quantitative estimate of drug-likeness (QED) is 0.723. The summed E-state index contributed by atoms with van der Waals surface area (Å²) in [6.07, 6.45) is 3.09. The molecule has 0 unspecified atom stereocenters. The number of carboxylic acids is 1. The summed E-state index contributed by atoms with van der Waals surface area (Å²) >= 11 is 1.52. The van der Waals surface area contributed by atoms with Crippen LogP contribution in [0.15, 0.2) is 24.3 Å². The Hall–Kier alpha value is -1.69. The maximum atomic E-state index is 11.7. The van der Waals surface area contributed by atoms with Crippen LogP contribution in [0, 0.1) is 0 Å². The normalized spacial score (nSPS) is 11.7. The molecule has 5 nitrogen and oxygen atoms in total. The third kappa shape index (κ3) is 6.53. The summed E-state index contributed by atoms with van der Waals surface area (Å²) < 4.78 is 5.36. The Balaban J connectivity index is 2.46. The second kappa shape index (κ2) is 9.28. The molecule has 0 aliphatic carbocycles. The molecule has 1 atom stereocenters. The third-order valence-corrected chi connectivity index (χ3v) is 3.55. The lowest BCUT2D eigenvalue weighted by molar-refractivity contribution is -0.308. The van der Waals surface area contributed by atoms with Crippen molar-refractivity contribution in [2.45, 2.75) is 25.8 Å². The average Bonchev–Trinajstić information content (AvgIpc) is 2.49. The van der Waals surface area contributed by atoms with Crippen LogP contribution >= 0.6 is 11.8 Å². The molecule has 0 radical (unpaired) electrons. The van der Waals surface area contributed by atoms with Crippen molar-refractivity contribution in [2.24, 2.45) is 0 Å². The summed E-state index contributed by atoms with van der Waals surface area (Å²) in [5.74, 6) is -0.505. The first-order valence-corrected chi connectivity index (χ1v) is 8.17. The minimum Gasteiger partial charge on any atom is -0.548 e. The number of benzene rings is 1. The predicted octanol–water partition coefficient (Wildman–Crippen LogP) is 0.616. The largest absolute Gasteiger partial charge is 0.548 e. The van der Waals surface area contributed by atoms with E-state index >= 15 is 0 Å². The number of rotatable bonds is 9. The number of carbonyl (C=O) groups excluding carboxylic acids is 2. The van der Waals surface area contributed by atoms with Crippen LogP contribution in [0.25, 0.3) is 0 Å². The van der Waals surface area contributed by atoms with E-state index < -0.39 is 17.9 Å². The van der Waals surface area contributed by atoms with Gasteiger partial charge in [-0.15, -0.1) is 0 Å². The molecule has 21 heavy (non-hydrogen) atoms. The van der Waals surface area contributed by atoms with Crippen LogP contribution in [0.4, 0.5) is 0 Å². The number of carbonyl (C=O) groups is 2. The number of aliphatic carboxylic acids is 1. The van der Waals surface area contributed by atoms with Crippen molar-refractivity contribution < 1.29 is 19.4 Å². The molecule has 0 saturated carbocycles. The number of nitrogens with one attached hydrogen (secondary N) is 1. The van der Waals surface area contributed by atoms with Gasteiger partial charge in [-0.25, -0.2) is 0 Å². The lowest BCUT2D eigenvalue weighted by Gasteiger charge is -2.19. The molecule has 1 amide bonds. The van der Waals surface area contributed by atoms with Crippen molar-refractivity contribution >= 4 is 23.6 Å². The molecule has 0 saturated heterocycles. The first-order chi connectivity index (χ1) is 10.1. The fourth-order valence-corrected chi connectivity index (χ4v) is 2.20. The van der Waals surface area contributed by atoms with Crippen molar-refractivity contribution in [3.63, 3.8) is 0 Å². The van der Waals surface area contributed by atoms with E-state index in [1.54, 1.807) is 6.07 Å². The van der Waals surface area contributed by atoms with Crippen molar-refractivity contribution in [1.29, 1.82) is 0 Å². The van der Waals surface area contributed by atoms with E-state index in [0.717, 1.165) is 12.0 Å². The van der Waals surface area contributed by atoms with Gasteiger partial charge < -0.3 is 20.0 Å². The van der Waals surface area contributed by atoms with Gasteiger partial charge in [-0.1, -0.05) is 19.1 Å². The first kappa shape index (κ1) is 17.4. The Morgan fingerprint density at radius 3 is 2.81 bits per heavy atom. The minimum absolute atomic E-state index is 0.212. The smallest absolute Gasteiger partial charge is 0.258 e. The van der Waals surface area contributed by atoms with Gasteiger partial charge >= 0.3 is 0 Å². The highest BCUT2D eigenvalue weighted by atomic mass is 32.2. The van der Waals surface area contributed by atoms with E-state index in [9.17, 15) is 14.7 Å². The molecule has 0 bridgehead atoms. The van der Waals surface area contributed by atoms with Gasteiger partial charge in [0, 0.05) is 0 Å². The number of thioether (sulfide) groups is 1. The summed E-state index contributed by atoms with van der Waals surface area (Å²) in [7, 11) is 0. The van der Waals surface area contributed by atoms with E-state index in [0.29, 0.717) is 17.9 Å². The van der Waals surface area contributed by atoms with Gasteiger partial charge in [0.2, 0.25) is 0 Å². The number of hydrogen-bond acceptors (Lipinski definition) is 5. The molecular formula is C15H20NO4S-. The van der Waals surface area contributed by atoms with Crippen LogP contribution in [-0.4, -0.2) is 36.5 Å². The molecule has 1 aromatic carbocycles. The van der Waals surface area contributed by atoms with Gasteiger partial charge in [-0.05, 0) is 42.5 Å². The third-order valence-electron chi connectivity index (χ3n) is 2.91. The standard InChI is InChI=1S/C15H21NO4S/c1-3-11-5-4-6-12(9-11)20-10-14(17)16-13(15(18)19)7-8-21-2/h4-6,9,13H,3,7-8,10H2,1-2H3,(H,16,17)(H,18,19)/p-1/t13-/m1/s1. The SMILES string of the molecule is CCc1cccc(OCC(=O)N[C@H](CCSC)C(=O)[O-])c1. The molecule has 0 spiro atoms. The molecule has 0 heterocycles. The minimum atomic E-state index is -1.27. The highest BCUT2D eigenvalue weighted by molar-refractivity contribution is 7.98. The lowest BCUT2D eigenvalue weighted by atomic mass is 10.2. The van der Waals surface area contributed by atoms with E-state index in [1.165, 1.54) is 11.8 Å². The Morgan fingerprint density at radius 2 is 2.19 bits per heavy atom. The van der Waals surface area contributed by atoms with Crippen molar-refractivity contribution in [3.8, 4) is 5.75 Å². The summed E-state index contributed by atoms with van der Waals surface area (Å²) in [6, 6.07) is 6.47. The molecule has 0 aliphatic heterocycles. The average molecular weight is 310 g/mol. The first-order valence-electron chi connectivity index (χ1n) is 6.77. The van der Waals surface area contributed by atoms with E-state index in [2.05, 4.69) is 5.32 Å². The predicted molar refractivity (Wildman–Crippen MR) is 81.3 cm³/mol. The second-order valence-corrected chi connectivity index (χ2v) is 5.50. The summed E-state index contributed by atoms with van der Waals surface area (Å²) in [6.45, 7) is 1.82. The van der Waals surface area contributed by atoms with Crippen LogP contribution in [-0.2, 0) is 16.0 Å². The summed E-state index contributed by atoms with van der Waals surface area (Å²) in [5.41, 5.74) is 1.11. The topological polar surface area (TPSA) is 78.5 Å². The number of ether oxygens (including phenoxy) is 1. The molecule has 1 aromatic rings. The van der Waals surface area contributed by atoms with Crippen LogP contribution < -0.4 is 15.2 Å². The highest BCUT2D eigenvalue weighted by Crippen LogP contribution is 2.13. The van der Waals surface area contributed by atoms with Gasteiger partial charge in [0.25, 0.3) is 5.91 Å². The zero-order valence-electron chi connectivity index (χ0n) is 12.3. The number of carboxylic acid groups (broad SMARTS) is 1. The van der Waals surface area contributed by atoms with E-state index in [4.69, 9.17) is 4.74 Å².